The van der Waals surface area contributed by atoms with E-state index in [4.69, 9.17) is 4.74 Å². The number of carbonyl (C=O) groups excluding carboxylic acids is 1. The number of ether oxygens (including phenoxy) is 1. The SMILES string of the molecule is COC[C@@H]1[C@H](C(=O)N2CCN(c3ccccn3)CC2)CCCN1Cc1ccccc1. The van der Waals surface area contributed by atoms with E-state index >= 15 is 0 Å². The monoisotopic (exact) mass is 408 g/mol. The van der Waals surface area contributed by atoms with Crippen molar-refractivity contribution in [3.05, 3.63) is 60.3 Å². The zero-order valence-corrected chi connectivity index (χ0v) is 17.8. The number of nitrogens with zero attached hydrogens (tertiary/aromatic N) is 4. The molecule has 0 aliphatic carbocycles. The summed E-state index contributed by atoms with van der Waals surface area (Å²) in [6.07, 6.45) is 3.82. The third-order valence-corrected chi connectivity index (χ3v) is 6.34. The molecule has 2 saturated heterocycles. The number of hydrogen-bond acceptors (Lipinski definition) is 5. The summed E-state index contributed by atoms with van der Waals surface area (Å²) < 4.78 is 5.56. The quantitative estimate of drug-likeness (QED) is 0.736. The Balaban J connectivity index is 1.40. The summed E-state index contributed by atoms with van der Waals surface area (Å²) in [4.78, 5) is 24.7. The highest BCUT2D eigenvalue weighted by molar-refractivity contribution is 5.80. The molecule has 0 bridgehead atoms. The molecule has 4 rings (SSSR count). The van der Waals surface area contributed by atoms with Gasteiger partial charge >= 0.3 is 0 Å². The number of rotatable bonds is 6. The number of piperazine rings is 1. The standard InChI is InChI=1S/C24H32N4O2/c1-30-19-22-21(10-7-13-28(22)18-20-8-3-2-4-9-20)24(29)27-16-14-26(15-17-27)23-11-5-6-12-25-23/h2-6,8-9,11-12,21-22H,7,10,13-19H2,1H3/t21-,22-/m1/s1. The number of pyridine rings is 1. The van der Waals surface area contributed by atoms with Gasteiger partial charge in [0.15, 0.2) is 0 Å². The minimum absolute atomic E-state index is 0.00353. The lowest BCUT2D eigenvalue weighted by Gasteiger charge is -2.43. The molecule has 0 unspecified atom stereocenters. The van der Waals surface area contributed by atoms with Crippen molar-refractivity contribution in [3.8, 4) is 0 Å². The largest absolute Gasteiger partial charge is 0.383 e. The molecular weight excluding hydrogens is 376 g/mol. The van der Waals surface area contributed by atoms with Crippen LogP contribution in [0.2, 0.25) is 0 Å². The van der Waals surface area contributed by atoms with Gasteiger partial charge < -0.3 is 14.5 Å². The van der Waals surface area contributed by atoms with Gasteiger partial charge in [0, 0.05) is 52.1 Å². The second-order valence-corrected chi connectivity index (χ2v) is 8.23. The van der Waals surface area contributed by atoms with Crippen molar-refractivity contribution in [1.82, 2.24) is 14.8 Å². The van der Waals surface area contributed by atoms with E-state index in [0.717, 1.165) is 57.9 Å². The van der Waals surface area contributed by atoms with Crippen molar-refractivity contribution in [1.29, 1.82) is 0 Å². The van der Waals surface area contributed by atoms with E-state index in [2.05, 4.69) is 43.9 Å². The van der Waals surface area contributed by atoms with Crippen LogP contribution in [0.15, 0.2) is 54.7 Å². The Labute approximate surface area is 179 Å². The Kier molecular flexibility index (Phi) is 6.97. The maximum absolute atomic E-state index is 13.5. The van der Waals surface area contributed by atoms with Crippen LogP contribution in [-0.4, -0.2) is 73.2 Å². The van der Waals surface area contributed by atoms with E-state index in [1.165, 1.54) is 5.56 Å². The van der Waals surface area contributed by atoms with Gasteiger partial charge in [-0.2, -0.15) is 0 Å². The molecule has 6 nitrogen and oxygen atoms in total. The molecule has 6 heteroatoms. The maximum Gasteiger partial charge on any atom is 0.227 e. The molecule has 2 aliphatic rings. The number of methoxy groups -OCH3 is 1. The third-order valence-electron chi connectivity index (χ3n) is 6.34. The van der Waals surface area contributed by atoms with Crippen molar-refractivity contribution >= 4 is 11.7 Å². The fourth-order valence-corrected chi connectivity index (χ4v) is 4.75. The Morgan fingerprint density at radius 3 is 2.50 bits per heavy atom. The fraction of sp³-hybridized carbons (Fsp3) is 0.500. The molecule has 0 N–H and O–H groups in total. The van der Waals surface area contributed by atoms with Crippen LogP contribution in [0.5, 0.6) is 0 Å². The van der Waals surface area contributed by atoms with E-state index in [9.17, 15) is 4.79 Å². The number of piperidine rings is 1. The van der Waals surface area contributed by atoms with Crippen molar-refractivity contribution in [2.75, 3.05) is 51.3 Å². The number of likely N-dealkylation sites (tertiary alicyclic amines) is 1. The van der Waals surface area contributed by atoms with Crippen LogP contribution < -0.4 is 4.90 Å². The molecule has 1 aromatic carbocycles. The molecular formula is C24H32N4O2. The number of aromatic nitrogens is 1. The molecule has 1 amide bonds. The van der Waals surface area contributed by atoms with E-state index in [-0.39, 0.29) is 17.9 Å². The summed E-state index contributed by atoms with van der Waals surface area (Å²) in [6.45, 7) is 5.65. The van der Waals surface area contributed by atoms with Gasteiger partial charge in [-0.1, -0.05) is 36.4 Å². The van der Waals surface area contributed by atoms with Crippen LogP contribution in [0, 0.1) is 5.92 Å². The summed E-state index contributed by atoms with van der Waals surface area (Å²) in [5, 5.41) is 0. The predicted octanol–water partition coefficient (Wildman–Crippen LogP) is 2.66. The Bertz CT molecular complexity index is 793. The summed E-state index contributed by atoms with van der Waals surface area (Å²) in [6, 6.07) is 16.6. The molecule has 2 aliphatic heterocycles. The van der Waals surface area contributed by atoms with Crippen LogP contribution in [0.1, 0.15) is 18.4 Å². The Morgan fingerprint density at radius 1 is 1.03 bits per heavy atom. The van der Waals surface area contributed by atoms with Gasteiger partial charge in [-0.3, -0.25) is 9.69 Å². The smallest absolute Gasteiger partial charge is 0.227 e. The highest BCUT2D eigenvalue weighted by Crippen LogP contribution is 2.28. The minimum Gasteiger partial charge on any atom is -0.383 e. The second-order valence-electron chi connectivity index (χ2n) is 8.23. The molecule has 1 aromatic heterocycles. The normalized spacial score (nSPS) is 22.8. The predicted molar refractivity (Wildman–Crippen MR) is 118 cm³/mol. The highest BCUT2D eigenvalue weighted by Gasteiger charge is 2.38. The van der Waals surface area contributed by atoms with Gasteiger partial charge in [0.05, 0.1) is 12.5 Å². The molecule has 2 fully saturated rings. The van der Waals surface area contributed by atoms with E-state index in [1.807, 2.05) is 30.5 Å². The summed E-state index contributed by atoms with van der Waals surface area (Å²) >= 11 is 0. The summed E-state index contributed by atoms with van der Waals surface area (Å²) in [5.41, 5.74) is 1.29. The summed E-state index contributed by atoms with van der Waals surface area (Å²) in [7, 11) is 1.74. The van der Waals surface area contributed by atoms with Gasteiger partial charge in [-0.25, -0.2) is 4.98 Å². The maximum atomic E-state index is 13.5. The number of hydrogen-bond donors (Lipinski definition) is 0. The Hall–Kier alpha value is -2.44. The van der Waals surface area contributed by atoms with Crippen molar-refractivity contribution in [2.24, 2.45) is 5.92 Å². The topological polar surface area (TPSA) is 48.9 Å². The summed E-state index contributed by atoms with van der Waals surface area (Å²) in [5.74, 6) is 1.29. The van der Waals surface area contributed by atoms with Crippen LogP contribution in [-0.2, 0) is 16.1 Å². The van der Waals surface area contributed by atoms with Crippen LogP contribution >= 0.6 is 0 Å². The van der Waals surface area contributed by atoms with Gasteiger partial charge in [0.25, 0.3) is 0 Å². The molecule has 0 spiro atoms. The lowest BCUT2D eigenvalue weighted by Crippen LogP contribution is -2.56. The fourth-order valence-electron chi connectivity index (χ4n) is 4.75. The van der Waals surface area contributed by atoms with Crippen molar-refractivity contribution < 1.29 is 9.53 Å². The van der Waals surface area contributed by atoms with E-state index in [0.29, 0.717) is 6.61 Å². The minimum atomic E-state index is 0.00353. The van der Waals surface area contributed by atoms with Gasteiger partial charge in [0.1, 0.15) is 5.82 Å². The Morgan fingerprint density at radius 2 is 1.80 bits per heavy atom. The first-order valence-corrected chi connectivity index (χ1v) is 11.0. The molecule has 160 valence electrons. The lowest BCUT2D eigenvalue weighted by atomic mass is 9.87. The average molecular weight is 409 g/mol. The molecule has 2 aromatic rings. The first-order valence-electron chi connectivity index (χ1n) is 11.0. The van der Waals surface area contributed by atoms with E-state index < -0.39 is 0 Å². The number of amides is 1. The zero-order valence-electron chi connectivity index (χ0n) is 17.8. The van der Waals surface area contributed by atoms with Gasteiger partial charge in [0.2, 0.25) is 5.91 Å². The van der Waals surface area contributed by atoms with Gasteiger partial charge in [-0.15, -0.1) is 0 Å². The number of anilines is 1. The first-order chi connectivity index (χ1) is 14.8. The molecule has 0 saturated carbocycles. The van der Waals surface area contributed by atoms with Crippen LogP contribution in [0.3, 0.4) is 0 Å². The second kappa shape index (κ2) is 10.0. The van der Waals surface area contributed by atoms with Crippen LogP contribution in [0.25, 0.3) is 0 Å². The van der Waals surface area contributed by atoms with E-state index in [1.54, 1.807) is 7.11 Å². The number of benzene rings is 1. The van der Waals surface area contributed by atoms with Gasteiger partial charge in [-0.05, 0) is 37.1 Å². The lowest BCUT2D eigenvalue weighted by molar-refractivity contribution is -0.141. The van der Waals surface area contributed by atoms with Crippen molar-refractivity contribution in [3.63, 3.8) is 0 Å². The molecule has 2 atom stereocenters. The molecule has 0 radical (unpaired) electrons. The van der Waals surface area contributed by atoms with Crippen molar-refractivity contribution in [2.45, 2.75) is 25.4 Å². The first kappa shape index (κ1) is 20.8. The third kappa shape index (κ3) is 4.82. The molecule has 30 heavy (non-hydrogen) atoms. The average Bonchev–Trinajstić information content (AvgIpc) is 2.81. The highest BCUT2D eigenvalue weighted by atomic mass is 16.5. The van der Waals surface area contributed by atoms with Crippen LogP contribution in [0.4, 0.5) is 5.82 Å². The molecule has 3 heterocycles. The number of carbonyl (C=O) groups is 1. The zero-order chi connectivity index (χ0) is 20.8.